The van der Waals surface area contributed by atoms with Crippen LogP contribution in [0.3, 0.4) is 0 Å². The molecule has 30 heavy (non-hydrogen) atoms. The Balaban J connectivity index is 1.54. The number of carbonyl (C=O) groups is 1. The first kappa shape index (κ1) is 22.8. The monoisotopic (exact) mass is 481 g/mol. The standard InChI is InChI=1S/C20H20ClN3O3S3/c1-14-24-16(12-28-14)13-29-19-8-3-2-7-18(19)20(25)22-9-10-23-30(26,27)17-6-4-5-15(21)11-17/h2-8,11-12,23H,9-10,13H2,1H3,(H,22,25). The average molecular weight is 482 g/mol. The van der Waals surface area contributed by atoms with Crippen molar-refractivity contribution >= 4 is 50.6 Å². The van der Waals surface area contributed by atoms with E-state index in [-0.39, 0.29) is 23.9 Å². The summed E-state index contributed by atoms with van der Waals surface area (Å²) in [5.74, 6) is 0.420. The number of sulfonamides is 1. The van der Waals surface area contributed by atoms with Gasteiger partial charge < -0.3 is 5.32 Å². The van der Waals surface area contributed by atoms with Crippen molar-refractivity contribution in [2.75, 3.05) is 13.1 Å². The topological polar surface area (TPSA) is 88.2 Å². The molecule has 0 radical (unpaired) electrons. The van der Waals surface area contributed by atoms with Crippen molar-refractivity contribution in [1.82, 2.24) is 15.0 Å². The minimum absolute atomic E-state index is 0.0635. The Bertz CT molecular complexity index is 1130. The van der Waals surface area contributed by atoms with Gasteiger partial charge in [0.25, 0.3) is 5.91 Å². The number of nitrogens with one attached hydrogen (secondary N) is 2. The number of aryl methyl sites for hydroxylation is 1. The molecule has 0 aliphatic heterocycles. The molecular weight excluding hydrogens is 462 g/mol. The first-order chi connectivity index (χ1) is 14.3. The Morgan fingerprint density at radius 1 is 1.17 bits per heavy atom. The van der Waals surface area contributed by atoms with Gasteiger partial charge in [0.05, 0.1) is 21.2 Å². The van der Waals surface area contributed by atoms with Crippen LogP contribution in [0.2, 0.25) is 5.02 Å². The third-order valence-electron chi connectivity index (χ3n) is 3.98. The SMILES string of the molecule is Cc1nc(CSc2ccccc2C(=O)NCCNS(=O)(=O)c2cccc(Cl)c2)cs1. The second-order valence-electron chi connectivity index (χ2n) is 6.25. The van der Waals surface area contributed by atoms with Gasteiger partial charge in [-0.1, -0.05) is 29.8 Å². The van der Waals surface area contributed by atoms with E-state index in [0.29, 0.717) is 16.3 Å². The number of halogens is 1. The molecular formula is C20H20ClN3O3S3. The van der Waals surface area contributed by atoms with Gasteiger partial charge in [-0.3, -0.25) is 4.79 Å². The van der Waals surface area contributed by atoms with Crippen molar-refractivity contribution in [2.24, 2.45) is 0 Å². The summed E-state index contributed by atoms with van der Waals surface area (Å²) >= 11 is 8.99. The zero-order chi connectivity index (χ0) is 21.6. The van der Waals surface area contributed by atoms with Gasteiger partial charge in [0, 0.05) is 34.1 Å². The van der Waals surface area contributed by atoms with Gasteiger partial charge >= 0.3 is 0 Å². The van der Waals surface area contributed by atoms with Crippen LogP contribution >= 0.6 is 34.7 Å². The minimum atomic E-state index is -3.69. The smallest absolute Gasteiger partial charge is 0.252 e. The highest BCUT2D eigenvalue weighted by Crippen LogP contribution is 2.26. The van der Waals surface area contributed by atoms with Crippen LogP contribution in [0.5, 0.6) is 0 Å². The fourth-order valence-electron chi connectivity index (χ4n) is 2.58. The Morgan fingerprint density at radius 3 is 2.70 bits per heavy atom. The number of thiazole rings is 1. The van der Waals surface area contributed by atoms with E-state index in [2.05, 4.69) is 15.0 Å². The molecule has 0 atom stereocenters. The number of benzene rings is 2. The normalized spacial score (nSPS) is 11.4. The number of hydrogen-bond donors (Lipinski definition) is 2. The number of amides is 1. The number of thioether (sulfide) groups is 1. The third kappa shape index (κ3) is 6.29. The van der Waals surface area contributed by atoms with Crippen molar-refractivity contribution in [1.29, 1.82) is 0 Å². The fourth-order valence-corrected chi connectivity index (χ4v) is 5.57. The van der Waals surface area contributed by atoms with Crippen LogP contribution in [0.1, 0.15) is 21.1 Å². The number of carbonyl (C=O) groups excluding carboxylic acids is 1. The molecule has 1 aromatic heterocycles. The van der Waals surface area contributed by atoms with E-state index < -0.39 is 10.0 Å². The van der Waals surface area contributed by atoms with Crippen molar-refractivity contribution in [3.8, 4) is 0 Å². The van der Waals surface area contributed by atoms with Gasteiger partial charge in [0.2, 0.25) is 10.0 Å². The van der Waals surface area contributed by atoms with E-state index >= 15 is 0 Å². The predicted molar refractivity (Wildman–Crippen MR) is 122 cm³/mol. The van der Waals surface area contributed by atoms with E-state index in [0.717, 1.165) is 15.6 Å². The third-order valence-corrected chi connectivity index (χ3v) is 7.61. The van der Waals surface area contributed by atoms with Crippen molar-refractivity contribution in [3.05, 3.63) is 75.2 Å². The molecule has 2 aromatic carbocycles. The van der Waals surface area contributed by atoms with E-state index in [1.165, 1.54) is 12.1 Å². The molecule has 1 heterocycles. The molecule has 6 nitrogen and oxygen atoms in total. The second-order valence-corrected chi connectivity index (χ2v) is 10.5. The van der Waals surface area contributed by atoms with Gasteiger partial charge in [-0.25, -0.2) is 18.1 Å². The zero-order valence-corrected chi connectivity index (χ0v) is 19.3. The summed E-state index contributed by atoms with van der Waals surface area (Å²) in [5.41, 5.74) is 1.53. The molecule has 0 fully saturated rings. The molecule has 3 rings (SSSR count). The van der Waals surface area contributed by atoms with Gasteiger partial charge in [-0.15, -0.1) is 23.1 Å². The number of aromatic nitrogens is 1. The van der Waals surface area contributed by atoms with Crippen LogP contribution in [0.15, 0.2) is 63.7 Å². The predicted octanol–water partition coefficient (Wildman–Crippen LogP) is 4.11. The van der Waals surface area contributed by atoms with Gasteiger partial charge in [0.15, 0.2) is 0 Å². The van der Waals surface area contributed by atoms with Gasteiger partial charge in [0.1, 0.15) is 0 Å². The maximum absolute atomic E-state index is 12.6. The molecule has 1 amide bonds. The second kappa shape index (κ2) is 10.4. The summed E-state index contributed by atoms with van der Waals surface area (Å²) in [6.45, 7) is 2.18. The molecule has 0 unspecified atom stereocenters. The summed E-state index contributed by atoms with van der Waals surface area (Å²) in [5, 5.41) is 6.12. The first-order valence-corrected chi connectivity index (χ1v) is 12.7. The molecule has 2 N–H and O–H groups in total. The highest BCUT2D eigenvalue weighted by molar-refractivity contribution is 7.98. The van der Waals surface area contributed by atoms with Crippen LogP contribution in [0.4, 0.5) is 0 Å². The van der Waals surface area contributed by atoms with Gasteiger partial charge in [-0.2, -0.15) is 0 Å². The van der Waals surface area contributed by atoms with Crippen molar-refractivity contribution in [2.45, 2.75) is 22.5 Å². The lowest BCUT2D eigenvalue weighted by atomic mass is 10.2. The Labute approximate surface area is 189 Å². The first-order valence-electron chi connectivity index (χ1n) is 9.01. The van der Waals surface area contributed by atoms with E-state index in [4.69, 9.17) is 11.6 Å². The molecule has 0 aliphatic rings. The van der Waals surface area contributed by atoms with E-state index in [1.54, 1.807) is 47.4 Å². The fraction of sp³-hybridized carbons (Fsp3) is 0.200. The number of hydrogen-bond acceptors (Lipinski definition) is 6. The molecule has 158 valence electrons. The Morgan fingerprint density at radius 2 is 1.97 bits per heavy atom. The lowest BCUT2D eigenvalue weighted by Crippen LogP contribution is -2.34. The van der Waals surface area contributed by atoms with Crippen molar-refractivity contribution < 1.29 is 13.2 Å². The average Bonchev–Trinajstić information content (AvgIpc) is 3.15. The molecule has 3 aromatic rings. The summed E-state index contributed by atoms with van der Waals surface area (Å²) in [6, 6.07) is 13.3. The largest absolute Gasteiger partial charge is 0.351 e. The quantitative estimate of drug-likeness (QED) is 0.355. The lowest BCUT2D eigenvalue weighted by molar-refractivity contribution is 0.0951. The molecule has 0 spiro atoms. The molecule has 0 bridgehead atoms. The van der Waals surface area contributed by atoms with E-state index in [1.807, 2.05) is 24.4 Å². The summed E-state index contributed by atoms with van der Waals surface area (Å²) in [4.78, 5) is 18.0. The Hall–Kier alpha value is -1.91. The van der Waals surface area contributed by atoms with E-state index in [9.17, 15) is 13.2 Å². The maximum Gasteiger partial charge on any atom is 0.252 e. The molecule has 0 saturated carbocycles. The maximum atomic E-state index is 12.6. The summed E-state index contributed by atoms with van der Waals surface area (Å²) in [6.07, 6.45) is 0. The zero-order valence-electron chi connectivity index (χ0n) is 16.1. The van der Waals surface area contributed by atoms with Crippen LogP contribution in [-0.4, -0.2) is 32.4 Å². The molecule has 0 saturated heterocycles. The van der Waals surface area contributed by atoms with Crippen molar-refractivity contribution in [3.63, 3.8) is 0 Å². The summed E-state index contributed by atoms with van der Waals surface area (Å²) < 4.78 is 27.0. The highest BCUT2D eigenvalue weighted by Gasteiger charge is 2.15. The van der Waals surface area contributed by atoms with Crippen LogP contribution in [-0.2, 0) is 15.8 Å². The Kier molecular flexibility index (Phi) is 7.90. The van der Waals surface area contributed by atoms with Gasteiger partial charge in [-0.05, 0) is 37.3 Å². The molecule has 10 heteroatoms. The molecule has 0 aliphatic carbocycles. The van der Waals surface area contributed by atoms with Crippen LogP contribution in [0.25, 0.3) is 0 Å². The number of rotatable bonds is 9. The number of nitrogens with zero attached hydrogens (tertiary/aromatic N) is 1. The minimum Gasteiger partial charge on any atom is -0.351 e. The summed E-state index contributed by atoms with van der Waals surface area (Å²) in [7, 11) is -3.69. The van der Waals surface area contributed by atoms with Crippen LogP contribution in [0, 0.1) is 6.92 Å². The van der Waals surface area contributed by atoms with Crippen LogP contribution < -0.4 is 10.0 Å². The highest BCUT2D eigenvalue weighted by atomic mass is 35.5. The lowest BCUT2D eigenvalue weighted by Gasteiger charge is -2.11.